The molecule has 0 aliphatic heterocycles. The van der Waals surface area contributed by atoms with E-state index in [2.05, 4.69) is 31.2 Å². The van der Waals surface area contributed by atoms with E-state index in [1.807, 2.05) is 0 Å². The minimum absolute atomic E-state index is 0.139. The highest BCUT2D eigenvalue weighted by atomic mass is 16.4. The molecular formula is C21H40O4. The highest BCUT2D eigenvalue weighted by molar-refractivity contribution is 5.66. The summed E-state index contributed by atoms with van der Waals surface area (Å²) in [5, 5.41) is 24.5. The molecule has 0 spiro atoms. The molecule has 0 aromatic carbocycles. The van der Waals surface area contributed by atoms with Crippen molar-refractivity contribution in [1.29, 1.82) is 0 Å². The number of aliphatic carboxylic acids is 1. The van der Waals surface area contributed by atoms with Crippen LogP contribution in [0.15, 0.2) is 24.3 Å². The summed E-state index contributed by atoms with van der Waals surface area (Å²) in [6.45, 7) is 3.62. The van der Waals surface area contributed by atoms with Crippen molar-refractivity contribution in [2.24, 2.45) is 0 Å². The zero-order chi connectivity index (χ0) is 19.2. The van der Waals surface area contributed by atoms with Crippen molar-refractivity contribution in [2.45, 2.75) is 97.0 Å². The van der Waals surface area contributed by atoms with Gasteiger partial charge in [-0.05, 0) is 45.4 Å². The van der Waals surface area contributed by atoms with E-state index < -0.39 is 12.1 Å². The Labute approximate surface area is 154 Å². The maximum absolute atomic E-state index is 10.3. The molecule has 4 heteroatoms. The van der Waals surface area contributed by atoms with Crippen molar-refractivity contribution in [2.75, 3.05) is 6.61 Å². The van der Waals surface area contributed by atoms with E-state index in [9.17, 15) is 4.79 Å². The molecule has 0 aliphatic carbocycles. The lowest BCUT2D eigenvalue weighted by atomic mass is 10.1. The van der Waals surface area contributed by atoms with Crippen molar-refractivity contribution in [3.8, 4) is 0 Å². The van der Waals surface area contributed by atoms with Gasteiger partial charge in [0.05, 0.1) is 12.7 Å². The second kappa shape index (κ2) is 22.9. The highest BCUT2D eigenvalue weighted by Gasteiger charge is 1.95. The van der Waals surface area contributed by atoms with Gasteiger partial charge in [0.25, 0.3) is 0 Å². The number of unbranched alkanes of at least 4 members (excludes halogenated alkanes) is 8. The molecular weight excluding hydrogens is 316 g/mol. The first-order valence-corrected chi connectivity index (χ1v) is 9.85. The first-order valence-electron chi connectivity index (χ1n) is 9.85. The number of hydrogen-bond donors (Lipinski definition) is 3. The van der Waals surface area contributed by atoms with Gasteiger partial charge in [0.1, 0.15) is 0 Å². The van der Waals surface area contributed by atoms with Gasteiger partial charge in [-0.15, -0.1) is 0 Å². The van der Waals surface area contributed by atoms with Gasteiger partial charge in [-0.25, -0.2) is 0 Å². The third-order valence-electron chi connectivity index (χ3n) is 3.61. The lowest BCUT2D eigenvalue weighted by Gasteiger charge is -1.98. The van der Waals surface area contributed by atoms with E-state index in [1.54, 1.807) is 0 Å². The summed E-state index contributed by atoms with van der Waals surface area (Å²) >= 11 is 0. The van der Waals surface area contributed by atoms with Crippen LogP contribution in [-0.2, 0) is 4.79 Å². The summed E-state index contributed by atoms with van der Waals surface area (Å²) < 4.78 is 0. The zero-order valence-electron chi connectivity index (χ0n) is 16.3. The standard InChI is InChI=1S/C18H32O2.C3H8O2/c1-2-3-4-5-6-7-8-9-10-11-12-13-14-15-16-17-18(19)20;1-3(5)2-4/h6-7,9-10H,2-5,8,11-17H2,1H3,(H,19,20);3-5H,2H2,1H3/b7-6-,10-9-;. The number of aliphatic hydroxyl groups is 2. The van der Waals surface area contributed by atoms with Crippen LogP contribution in [0.1, 0.15) is 90.9 Å². The molecule has 0 aromatic heterocycles. The molecule has 0 bridgehead atoms. The molecule has 1 atom stereocenters. The van der Waals surface area contributed by atoms with E-state index in [-0.39, 0.29) is 6.61 Å². The number of hydrogen-bond acceptors (Lipinski definition) is 3. The Kier molecular flexibility index (Phi) is 23.9. The third kappa shape index (κ3) is 31.2. The lowest BCUT2D eigenvalue weighted by molar-refractivity contribution is -0.137. The molecule has 148 valence electrons. The molecule has 4 nitrogen and oxygen atoms in total. The molecule has 0 heterocycles. The van der Waals surface area contributed by atoms with Crippen LogP contribution in [0, 0.1) is 0 Å². The number of carboxylic acids is 1. The molecule has 0 saturated heterocycles. The molecule has 3 N–H and O–H groups in total. The van der Waals surface area contributed by atoms with Gasteiger partial charge in [-0.2, -0.15) is 0 Å². The van der Waals surface area contributed by atoms with Crippen LogP contribution >= 0.6 is 0 Å². The van der Waals surface area contributed by atoms with Crippen molar-refractivity contribution in [3.63, 3.8) is 0 Å². The van der Waals surface area contributed by atoms with Crippen LogP contribution in [-0.4, -0.2) is 34.0 Å². The number of rotatable bonds is 15. The van der Waals surface area contributed by atoms with Gasteiger partial charge >= 0.3 is 5.97 Å². The minimum Gasteiger partial charge on any atom is -0.481 e. The molecule has 0 rings (SSSR count). The van der Waals surface area contributed by atoms with Crippen molar-refractivity contribution in [1.82, 2.24) is 0 Å². The smallest absolute Gasteiger partial charge is 0.303 e. The van der Waals surface area contributed by atoms with E-state index in [0.29, 0.717) is 6.42 Å². The minimum atomic E-state index is -0.671. The molecule has 0 saturated carbocycles. The van der Waals surface area contributed by atoms with Gasteiger partial charge < -0.3 is 15.3 Å². The van der Waals surface area contributed by atoms with Crippen molar-refractivity contribution >= 4 is 5.97 Å². The van der Waals surface area contributed by atoms with Crippen LogP contribution in [0.2, 0.25) is 0 Å². The average Bonchev–Trinajstić information content (AvgIpc) is 2.58. The van der Waals surface area contributed by atoms with E-state index in [0.717, 1.165) is 25.7 Å². The van der Waals surface area contributed by atoms with Gasteiger partial charge in [-0.3, -0.25) is 4.79 Å². The molecule has 0 amide bonds. The number of carboxylic acid groups (broad SMARTS) is 1. The Bertz CT molecular complexity index is 322. The number of aliphatic hydroxyl groups excluding tert-OH is 2. The molecule has 0 aromatic rings. The Morgan fingerprint density at radius 3 is 1.84 bits per heavy atom. The Morgan fingerprint density at radius 2 is 1.36 bits per heavy atom. The molecule has 1 unspecified atom stereocenters. The second-order valence-electron chi connectivity index (χ2n) is 6.41. The van der Waals surface area contributed by atoms with Gasteiger partial charge in [0, 0.05) is 6.42 Å². The summed E-state index contributed by atoms with van der Waals surface area (Å²) in [4.78, 5) is 10.3. The fourth-order valence-corrected chi connectivity index (χ4v) is 2.09. The predicted molar refractivity (Wildman–Crippen MR) is 106 cm³/mol. The van der Waals surface area contributed by atoms with Gasteiger partial charge in [0.15, 0.2) is 0 Å². The van der Waals surface area contributed by atoms with E-state index >= 15 is 0 Å². The first kappa shape index (κ1) is 26.1. The Hall–Kier alpha value is -1.13. The largest absolute Gasteiger partial charge is 0.481 e. The normalized spacial score (nSPS) is 12.3. The predicted octanol–water partition coefficient (Wildman–Crippen LogP) is 5.24. The summed E-state index contributed by atoms with van der Waals surface area (Å²) in [6, 6.07) is 0. The summed E-state index contributed by atoms with van der Waals surface area (Å²) in [7, 11) is 0. The fourth-order valence-electron chi connectivity index (χ4n) is 2.09. The Morgan fingerprint density at radius 1 is 0.880 bits per heavy atom. The maximum atomic E-state index is 10.3. The summed E-state index contributed by atoms with van der Waals surface area (Å²) in [5.74, 6) is -0.671. The van der Waals surface area contributed by atoms with E-state index in [4.69, 9.17) is 15.3 Å². The monoisotopic (exact) mass is 356 g/mol. The highest BCUT2D eigenvalue weighted by Crippen LogP contribution is 2.08. The second-order valence-corrected chi connectivity index (χ2v) is 6.41. The van der Waals surface area contributed by atoms with Crippen LogP contribution < -0.4 is 0 Å². The van der Waals surface area contributed by atoms with Crippen molar-refractivity contribution < 1.29 is 20.1 Å². The maximum Gasteiger partial charge on any atom is 0.303 e. The van der Waals surface area contributed by atoms with Gasteiger partial charge in [0.2, 0.25) is 0 Å². The number of carbonyl (C=O) groups is 1. The third-order valence-corrected chi connectivity index (χ3v) is 3.61. The summed E-state index contributed by atoms with van der Waals surface area (Å²) in [6.07, 6.45) is 21.7. The number of allylic oxidation sites excluding steroid dienone is 4. The first-order chi connectivity index (χ1) is 12.0. The zero-order valence-corrected chi connectivity index (χ0v) is 16.3. The van der Waals surface area contributed by atoms with Crippen LogP contribution in [0.3, 0.4) is 0 Å². The van der Waals surface area contributed by atoms with Gasteiger partial charge in [-0.1, -0.05) is 63.3 Å². The lowest BCUT2D eigenvalue weighted by Crippen LogP contribution is -2.03. The average molecular weight is 357 g/mol. The quantitative estimate of drug-likeness (QED) is 0.277. The van der Waals surface area contributed by atoms with Crippen LogP contribution in [0.25, 0.3) is 0 Å². The molecule has 25 heavy (non-hydrogen) atoms. The molecule has 0 radical (unpaired) electrons. The van der Waals surface area contributed by atoms with E-state index in [1.165, 1.54) is 51.9 Å². The SMILES string of the molecule is CC(O)CO.CCCCC/C=C\C/C=C\CCCCCCCC(=O)O. The van der Waals surface area contributed by atoms with Crippen molar-refractivity contribution in [3.05, 3.63) is 24.3 Å². The van der Waals surface area contributed by atoms with Crippen LogP contribution in [0.4, 0.5) is 0 Å². The fraction of sp³-hybridized carbons (Fsp3) is 0.762. The molecule has 0 aliphatic rings. The topological polar surface area (TPSA) is 77.8 Å². The Balaban J connectivity index is 0. The van der Waals surface area contributed by atoms with Crippen LogP contribution in [0.5, 0.6) is 0 Å². The summed E-state index contributed by atoms with van der Waals surface area (Å²) in [5.41, 5.74) is 0. The molecule has 0 fully saturated rings.